The van der Waals surface area contributed by atoms with Crippen molar-refractivity contribution in [1.82, 2.24) is 19.4 Å². The molecule has 24 heavy (non-hydrogen) atoms. The second-order valence-corrected chi connectivity index (χ2v) is 6.44. The average Bonchev–Trinajstić information content (AvgIpc) is 3.13. The summed E-state index contributed by atoms with van der Waals surface area (Å²) in [5, 5.41) is 12.7. The Balaban J connectivity index is 1.89. The Bertz CT molecular complexity index is 840. The summed E-state index contributed by atoms with van der Waals surface area (Å²) >= 11 is 0. The van der Waals surface area contributed by atoms with E-state index in [1.807, 2.05) is 36.5 Å². The zero-order valence-electron chi connectivity index (χ0n) is 14.6. The second-order valence-electron chi connectivity index (χ2n) is 6.44. The third kappa shape index (κ3) is 3.30. The van der Waals surface area contributed by atoms with Crippen molar-refractivity contribution in [2.75, 3.05) is 0 Å². The molecular weight excluding hydrogens is 298 g/mol. The lowest BCUT2D eigenvalue weighted by Crippen LogP contribution is -2.08. The van der Waals surface area contributed by atoms with Crippen LogP contribution in [0.4, 0.5) is 0 Å². The summed E-state index contributed by atoms with van der Waals surface area (Å²) < 4.78 is 4.06. The van der Waals surface area contributed by atoms with Crippen LogP contribution in [-0.4, -0.2) is 25.7 Å². The van der Waals surface area contributed by atoms with E-state index in [1.165, 1.54) is 11.4 Å². The largest absolute Gasteiger partial charge is 0.348 e. The van der Waals surface area contributed by atoms with E-state index >= 15 is 0 Å². The van der Waals surface area contributed by atoms with Crippen molar-refractivity contribution in [2.45, 2.75) is 34.2 Å². The molecule has 0 N–H and O–H groups in total. The van der Waals surface area contributed by atoms with E-state index in [9.17, 15) is 0 Å². The summed E-state index contributed by atoms with van der Waals surface area (Å²) in [6, 6.07) is 12.1. The molecule has 0 atom stereocenters. The highest BCUT2D eigenvalue weighted by molar-refractivity contribution is 5.81. The number of benzene rings is 1. The highest BCUT2D eigenvalue weighted by Gasteiger charge is 2.10. The maximum absolute atomic E-state index is 4.56. The van der Waals surface area contributed by atoms with Gasteiger partial charge in [-0.15, -0.1) is 10.2 Å². The lowest BCUT2D eigenvalue weighted by molar-refractivity contribution is 0.509. The van der Waals surface area contributed by atoms with Gasteiger partial charge in [0.2, 0.25) is 0 Å². The molecular formula is C19H23N5. The highest BCUT2D eigenvalue weighted by atomic mass is 15.4. The highest BCUT2D eigenvalue weighted by Crippen LogP contribution is 2.17. The predicted octanol–water partition coefficient (Wildman–Crippen LogP) is 3.90. The Kier molecular flexibility index (Phi) is 4.60. The zero-order valence-corrected chi connectivity index (χ0v) is 14.6. The summed E-state index contributed by atoms with van der Waals surface area (Å²) in [5.74, 6) is 1.35. The van der Waals surface area contributed by atoms with E-state index in [0.29, 0.717) is 5.92 Å². The number of hydrogen-bond donors (Lipinski definition) is 0. The van der Waals surface area contributed by atoms with Crippen molar-refractivity contribution < 1.29 is 0 Å². The third-order valence-corrected chi connectivity index (χ3v) is 4.04. The molecule has 3 rings (SSSR count). The number of rotatable bonds is 5. The van der Waals surface area contributed by atoms with Crippen LogP contribution in [0.25, 0.3) is 11.4 Å². The molecule has 0 aliphatic carbocycles. The number of aryl methyl sites for hydroxylation is 1. The standard InChI is InChI=1S/C19H23N5/c1-14(2)12-23-15(3)10-18(16(23)4)11-21-24-13-20-22-19(24)17-8-6-5-7-9-17/h5-11,13-14H,12H2,1-4H3/b21-11-. The lowest BCUT2D eigenvalue weighted by Gasteiger charge is -2.11. The van der Waals surface area contributed by atoms with Crippen LogP contribution in [0.3, 0.4) is 0 Å². The fourth-order valence-corrected chi connectivity index (χ4v) is 2.82. The van der Waals surface area contributed by atoms with Gasteiger partial charge in [0, 0.05) is 29.1 Å². The van der Waals surface area contributed by atoms with Gasteiger partial charge in [-0.2, -0.15) is 9.78 Å². The Morgan fingerprint density at radius 3 is 2.62 bits per heavy atom. The van der Waals surface area contributed by atoms with Gasteiger partial charge in [-0.05, 0) is 25.8 Å². The lowest BCUT2D eigenvalue weighted by atomic mass is 10.2. The van der Waals surface area contributed by atoms with E-state index in [2.05, 4.69) is 53.6 Å². The van der Waals surface area contributed by atoms with Crippen molar-refractivity contribution in [3.05, 3.63) is 59.7 Å². The van der Waals surface area contributed by atoms with E-state index in [0.717, 1.165) is 23.5 Å². The molecule has 0 spiro atoms. The average molecular weight is 321 g/mol. The summed E-state index contributed by atoms with van der Waals surface area (Å²) in [7, 11) is 0. The first kappa shape index (κ1) is 16.2. The number of aromatic nitrogens is 4. The van der Waals surface area contributed by atoms with Gasteiger partial charge in [0.15, 0.2) is 5.82 Å². The van der Waals surface area contributed by atoms with E-state index in [1.54, 1.807) is 11.0 Å². The fraction of sp³-hybridized carbons (Fsp3) is 0.316. The minimum absolute atomic E-state index is 0.613. The van der Waals surface area contributed by atoms with Crippen LogP contribution in [-0.2, 0) is 6.54 Å². The Morgan fingerprint density at radius 1 is 1.17 bits per heavy atom. The Labute approximate surface area is 142 Å². The molecule has 0 saturated carbocycles. The van der Waals surface area contributed by atoms with Gasteiger partial charge >= 0.3 is 0 Å². The molecule has 3 aromatic rings. The molecule has 5 nitrogen and oxygen atoms in total. The summed E-state index contributed by atoms with van der Waals surface area (Å²) in [4.78, 5) is 0. The predicted molar refractivity (Wildman–Crippen MR) is 97.2 cm³/mol. The topological polar surface area (TPSA) is 48.0 Å². The molecule has 5 heteroatoms. The van der Waals surface area contributed by atoms with Gasteiger partial charge < -0.3 is 4.57 Å². The van der Waals surface area contributed by atoms with Crippen molar-refractivity contribution in [3.63, 3.8) is 0 Å². The number of nitrogens with zero attached hydrogens (tertiary/aromatic N) is 5. The van der Waals surface area contributed by atoms with Crippen LogP contribution < -0.4 is 0 Å². The SMILES string of the molecule is Cc1cc(/C=N\n2cnnc2-c2ccccc2)c(C)n1CC(C)C. The summed E-state index contributed by atoms with van der Waals surface area (Å²) in [5.41, 5.74) is 4.62. The van der Waals surface area contributed by atoms with Crippen molar-refractivity contribution in [1.29, 1.82) is 0 Å². The Hall–Kier alpha value is -2.69. The molecule has 2 heterocycles. The molecule has 0 amide bonds. The normalized spacial score (nSPS) is 11.7. The molecule has 0 aliphatic rings. The molecule has 124 valence electrons. The quantitative estimate of drug-likeness (QED) is 0.669. The molecule has 0 unspecified atom stereocenters. The maximum atomic E-state index is 4.56. The molecule has 1 aromatic carbocycles. The van der Waals surface area contributed by atoms with Crippen molar-refractivity contribution in [3.8, 4) is 11.4 Å². The first-order valence-electron chi connectivity index (χ1n) is 8.22. The number of hydrogen-bond acceptors (Lipinski definition) is 3. The van der Waals surface area contributed by atoms with Crippen LogP contribution in [0.5, 0.6) is 0 Å². The van der Waals surface area contributed by atoms with E-state index in [-0.39, 0.29) is 0 Å². The minimum Gasteiger partial charge on any atom is -0.348 e. The molecule has 0 aliphatic heterocycles. The zero-order chi connectivity index (χ0) is 17.1. The van der Waals surface area contributed by atoms with Gasteiger partial charge in [-0.3, -0.25) is 0 Å². The van der Waals surface area contributed by atoms with E-state index < -0.39 is 0 Å². The molecule has 0 bridgehead atoms. The van der Waals surface area contributed by atoms with Crippen LogP contribution in [0.15, 0.2) is 47.8 Å². The molecule has 2 aromatic heterocycles. The first-order valence-corrected chi connectivity index (χ1v) is 8.22. The van der Waals surface area contributed by atoms with Crippen molar-refractivity contribution >= 4 is 6.21 Å². The van der Waals surface area contributed by atoms with Gasteiger partial charge in [-0.25, -0.2) is 0 Å². The molecule has 0 saturated heterocycles. The summed E-state index contributed by atoms with van der Waals surface area (Å²) in [6.07, 6.45) is 3.51. The van der Waals surface area contributed by atoms with Gasteiger partial charge in [0.1, 0.15) is 6.33 Å². The minimum atomic E-state index is 0.613. The summed E-state index contributed by atoms with van der Waals surface area (Å²) in [6.45, 7) is 9.77. The maximum Gasteiger partial charge on any atom is 0.184 e. The smallest absolute Gasteiger partial charge is 0.184 e. The Morgan fingerprint density at radius 2 is 1.92 bits per heavy atom. The second kappa shape index (κ2) is 6.83. The van der Waals surface area contributed by atoms with Crippen LogP contribution in [0, 0.1) is 19.8 Å². The monoisotopic (exact) mass is 321 g/mol. The van der Waals surface area contributed by atoms with Crippen LogP contribution in [0.2, 0.25) is 0 Å². The van der Waals surface area contributed by atoms with Crippen molar-refractivity contribution in [2.24, 2.45) is 11.0 Å². The van der Waals surface area contributed by atoms with Crippen LogP contribution >= 0.6 is 0 Å². The first-order chi connectivity index (χ1) is 11.6. The van der Waals surface area contributed by atoms with Gasteiger partial charge in [-0.1, -0.05) is 44.2 Å². The molecule has 0 radical (unpaired) electrons. The van der Waals surface area contributed by atoms with E-state index in [4.69, 9.17) is 0 Å². The van der Waals surface area contributed by atoms with Crippen LogP contribution in [0.1, 0.15) is 30.8 Å². The van der Waals surface area contributed by atoms with Gasteiger partial charge in [0.25, 0.3) is 0 Å². The molecule has 0 fully saturated rings. The fourth-order valence-electron chi connectivity index (χ4n) is 2.82. The third-order valence-electron chi connectivity index (χ3n) is 4.04. The van der Waals surface area contributed by atoms with Gasteiger partial charge in [0.05, 0.1) is 6.21 Å².